The number of hydrogen-bond donors (Lipinski definition) is 4. The van der Waals surface area contributed by atoms with Gasteiger partial charge >= 0.3 is 0 Å². The van der Waals surface area contributed by atoms with E-state index in [9.17, 15) is 4.79 Å². The molecule has 2 aromatic carbocycles. The predicted molar refractivity (Wildman–Crippen MR) is 143 cm³/mol. The van der Waals surface area contributed by atoms with Crippen molar-refractivity contribution in [3.8, 4) is 16.3 Å². The van der Waals surface area contributed by atoms with Crippen LogP contribution in [0, 0.1) is 6.92 Å². The molecule has 5 rings (SSSR count). The topological polar surface area (TPSA) is 117 Å². The molecule has 0 aliphatic carbocycles. The Morgan fingerprint density at radius 1 is 1.08 bits per heavy atom. The van der Waals surface area contributed by atoms with Gasteiger partial charge in [0.2, 0.25) is 5.95 Å². The maximum atomic E-state index is 12.7. The molecule has 0 saturated heterocycles. The zero-order valence-corrected chi connectivity index (χ0v) is 20.9. The van der Waals surface area contributed by atoms with E-state index in [1.807, 2.05) is 68.6 Å². The molecule has 3 aromatic heterocycles. The number of anilines is 3. The van der Waals surface area contributed by atoms with E-state index in [1.54, 1.807) is 24.6 Å². The van der Waals surface area contributed by atoms with Crippen molar-refractivity contribution in [1.29, 1.82) is 0 Å². The van der Waals surface area contributed by atoms with E-state index in [0.29, 0.717) is 18.2 Å². The highest BCUT2D eigenvalue weighted by Gasteiger charge is 2.13. The van der Waals surface area contributed by atoms with Crippen molar-refractivity contribution < 1.29 is 9.53 Å². The molecule has 5 aromatic rings. The fourth-order valence-corrected chi connectivity index (χ4v) is 4.66. The highest BCUT2D eigenvalue weighted by atomic mass is 32.1. The van der Waals surface area contributed by atoms with Gasteiger partial charge in [-0.25, -0.2) is 15.0 Å². The number of thiazole rings is 1. The van der Waals surface area contributed by atoms with Crippen LogP contribution in [0.3, 0.4) is 0 Å². The predicted octanol–water partition coefficient (Wildman–Crippen LogP) is 5.11. The number of aromatic nitrogens is 4. The molecule has 0 bridgehead atoms. The van der Waals surface area contributed by atoms with Gasteiger partial charge in [0.15, 0.2) is 5.13 Å². The molecule has 0 spiro atoms. The lowest BCUT2D eigenvalue weighted by Gasteiger charge is -2.06. The standard InChI is InChI=1S/C26H25N7O2S/c1-15-23(36-26(27-2)30-15)21-10-11-28-25(33-21)31-18-6-9-20-17(12-18)13-22(32-20)24(34)29-14-16-4-7-19(35-3)8-5-16/h4-13,32H,14H2,1-3H3,(H,27,30)(H,29,34)(H,28,31,33). The molecule has 0 radical (unpaired) electrons. The lowest BCUT2D eigenvalue weighted by molar-refractivity contribution is 0.0946. The van der Waals surface area contributed by atoms with Crippen LogP contribution in [0.2, 0.25) is 0 Å². The minimum atomic E-state index is -0.173. The lowest BCUT2D eigenvalue weighted by Crippen LogP contribution is -2.22. The zero-order valence-electron chi connectivity index (χ0n) is 20.0. The summed E-state index contributed by atoms with van der Waals surface area (Å²) in [7, 11) is 3.48. The summed E-state index contributed by atoms with van der Waals surface area (Å²) in [6.07, 6.45) is 1.73. The Labute approximate surface area is 212 Å². The van der Waals surface area contributed by atoms with Gasteiger partial charge in [-0.2, -0.15) is 0 Å². The normalized spacial score (nSPS) is 10.9. The number of methoxy groups -OCH3 is 1. The van der Waals surface area contributed by atoms with E-state index >= 15 is 0 Å². The van der Waals surface area contributed by atoms with Crippen LogP contribution in [-0.4, -0.2) is 40.0 Å². The molecule has 9 nitrogen and oxygen atoms in total. The number of nitrogens with one attached hydrogen (secondary N) is 4. The Morgan fingerprint density at radius 3 is 2.67 bits per heavy atom. The molecule has 1 amide bonds. The second kappa shape index (κ2) is 10.0. The molecule has 10 heteroatoms. The summed E-state index contributed by atoms with van der Waals surface area (Å²) in [5.74, 6) is 1.09. The quantitative estimate of drug-likeness (QED) is 0.234. The van der Waals surface area contributed by atoms with Crippen molar-refractivity contribution in [2.45, 2.75) is 13.5 Å². The molecule has 0 saturated carbocycles. The van der Waals surface area contributed by atoms with Gasteiger partial charge in [0.1, 0.15) is 11.4 Å². The SMILES string of the molecule is CNc1nc(C)c(-c2ccnc(Nc3ccc4[nH]c(C(=O)NCc5ccc(OC)cc5)cc4c3)n2)s1. The van der Waals surface area contributed by atoms with Crippen molar-refractivity contribution in [2.24, 2.45) is 0 Å². The van der Waals surface area contributed by atoms with Crippen molar-refractivity contribution >= 4 is 44.9 Å². The van der Waals surface area contributed by atoms with E-state index in [4.69, 9.17) is 4.74 Å². The van der Waals surface area contributed by atoms with Gasteiger partial charge in [0.05, 0.1) is 23.4 Å². The molecular weight excluding hydrogens is 474 g/mol. The number of aryl methyl sites for hydroxylation is 1. The monoisotopic (exact) mass is 499 g/mol. The van der Waals surface area contributed by atoms with Gasteiger partial charge < -0.3 is 25.7 Å². The minimum absolute atomic E-state index is 0.173. The number of ether oxygens (including phenoxy) is 1. The van der Waals surface area contributed by atoms with Gasteiger partial charge in [0, 0.05) is 36.4 Å². The van der Waals surface area contributed by atoms with Crippen molar-refractivity contribution in [2.75, 3.05) is 24.8 Å². The van der Waals surface area contributed by atoms with Crippen LogP contribution in [0.15, 0.2) is 60.8 Å². The number of amides is 1. The van der Waals surface area contributed by atoms with E-state index in [2.05, 4.69) is 35.9 Å². The van der Waals surface area contributed by atoms with Crippen molar-refractivity contribution in [3.05, 3.63) is 77.7 Å². The fraction of sp³-hybridized carbons (Fsp3) is 0.154. The van der Waals surface area contributed by atoms with Gasteiger partial charge in [-0.1, -0.05) is 23.5 Å². The van der Waals surface area contributed by atoms with Gasteiger partial charge in [0.25, 0.3) is 5.91 Å². The van der Waals surface area contributed by atoms with Crippen LogP contribution in [0.25, 0.3) is 21.5 Å². The van der Waals surface area contributed by atoms with Crippen LogP contribution in [0.5, 0.6) is 5.75 Å². The molecule has 182 valence electrons. The Kier molecular flexibility index (Phi) is 6.50. The molecular formula is C26H25N7O2S. The summed E-state index contributed by atoms with van der Waals surface area (Å²) < 4.78 is 5.17. The van der Waals surface area contributed by atoms with Crippen LogP contribution in [0.1, 0.15) is 21.7 Å². The van der Waals surface area contributed by atoms with Crippen molar-refractivity contribution in [3.63, 3.8) is 0 Å². The third kappa shape index (κ3) is 4.98. The first-order valence-corrected chi connectivity index (χ1v) is 12.1. The Morgan fingerprint density at radius 2 is 1.92 bits per heavy atom. The summed E-state index contributed by atoms with van der Waals surface area (Å²) in [4.78, 5) is 30.4. The van der Waals surface area contributed by atoms with Crippen LogP contribution in [-0.2, 0) is 6.54 Å². The number of carbonyl (C=O) groups is 1. The first-order valence-electron chi connectivity index (χ1n) is 11.3. The first-order chi connectivity index (χ1) is 17.5. The van der Waals surface area contributed by atoms with Gasteiger partial charge in [-0.3, -0.25) is 4.79 Å². The Balaban J connectivity index is 1.29. The average Bonchev–Trinajstić information content (AvgIpc) is 3.50. The number of nitrogens with zero attached hydrogens (tertiary/aromatic N) is 3. The van der Waals surface area contributed by atoms with Gasteiger partial charge in [-0.05, 0) is 55.0 Å². The van der Waals surface area contributed by atoms with Crippen molar-refractivity contribution in [1.82, 2.24) is 25.3 Å². The van der Waals surface area contributed by atoms with Gasteiger partial charge in [-0.15, -0.1) is 0 Å². The van der Waals surface area contributed by atoms with Crippen LogP contribution in [0.4, 0.5) is 16.8 Å². The van der Waals surface area contributed by atoms with Crippen LogP contribution < -0.4 is 20.7 Å². The maximum absolute atomic E-state index is 12.7. The minimum Gasteiger partial charge on any atom is -0.497 e. The number of carbonyl (C=O) groups excluding carboxylic acids is 1. The molecule has 0 aliphatic heterocycles. The average molecular weight is 500 g/mol. The number of rotatable bonds is 8. The largest absolute Gasteiger partial charge is 0.497 e. The fourth-order valence-electron chi connectivity index (χ4n) is 3.77. The molecule has 0 aliphatic rings. The maximum Gasteiger partial charge on any atom is 0.267 e. The molecule has 3 heterocycles. The molecule has 36 heavy (non-hydrogen) atoms. The smallest absolute Gasteiger partial charge is 0.267 e. The number of aromatic amines is 1. The second-order valence-corrected chi connectivity index (χ2v) is 9.09. The highest BCUT2D eigenvalue weighted by Crippen LogP contribution is 2.32. The van der Waals surface area contributed by atoms with E-state index in [-0.39, 0.29) is 5.91 Å². The lowest BCUT2D eigenvalue weighted by atomic mass is 10.2. The summed E-state index contributed by atoms with van der Waals surface area (Å²) in [6, 6.07) is 17.1. The summed E-state index contributed by atoms with van der Waals surface area (Å²) in [5, 5.41) is 11.0. The zero-order chi connectivity index (χ0) is 25.1. The second-order valence-electron chi connectivity index (χ2n) is 8.09. The molecule has 0 atom stereocenters. The van der Waals surface area contributed by atoms with E-state index in [0.717, 1.165) is 49.3 Å². The molecule has 4 N–H and O–H groups in total. The van der Waals surface area contributed by atoms with Crippen LogP contribution >= 0.6 is 11.3 Å². The Bertz CT molecular complexity index is 1530. The third-order valence-electron chi connectivity index (χ3n) is 5.63. The third-order valence-corrected chi connectivity index (χ3v) is 6.83. The Hall–Kier alpha value is -4.44. The molecule has 0 fully saturated rings. The number of benzene rings is 2. The summed E-state index contributed by atoms with van der Waals surface area (Å²) >= 11 is 1.55. The van der Waals surface area contributed by atoms with E-state index in [1.165, 1.54) is 0 Å². The number of H-pyrrole nitrogens is 1. The summed E-state index contributed by atoms with van der Waals surface area (Å²) in [6.45, 7) is 2.39. The number of fused-ring (bicyclic) bond motifs is 1. The first kappa shape index (κ1) is 23.3. The molecule has 0 unspecified atom stereocenters. The summed E-state index contributed by atoms with van der Waals surface area (Å²) in [5.41, 5.74) is 4.90. The highest BCUT2D eigenvalue weighted by molar-refractivity contribution is 7.19. The number of hydrogen-bond acceptors (Lipinski definition) is 8. The van der Waals surface area contributed by atoms with E-state index < -0.39 is 0 Å².